The summed E-state index contributed by atoms with van der Waals surface area (Å²) < 4.78 is 28.1. The molecular formula is C25H27NO8. The number of aromatic nitrogens is 1. The van der Waals surface area contributed by atoms with E-state index < -0.39 is 24.4 Å². The molecule has 2 aliphatic heterocycles. The predicted molar refractivity (Wildman–Crippen MR) is 122 cm³/mol. The molecule has 0 saturated carbocycles. The van der Waals surface area contributed by atoms with Crippen molar-refractivity contribution in [1.29, 1.82) is 0 Å². The summed E-state index contributed by atoms with van der Waals surface area (Å²) in [5.41, 5.74) is 1.91. The molecule has 3 N–H and O–H groups in total. The molecule has 9 heteroatoms. The average Bonchev–Trinajstić information content (AvgIpc) is 3.32. The van der Waals surface area contributed by atoms with Crippen molar-refractivity contribution in [2.75, 3.05) is 27.1 Å². The zero-order valence-corrected chi connectivity index (χ0v) is 18.7. The molecule has 4 atom stereocenters. The van der Waals surface area contributed by atoms with Gasteiger partial charge in [0, 0.05) is 24.4 Å². The van der Waals surface area contributed by atoms with Crippen molar-refractivity contribution >= 4 is 10.8 Å². The fraction of sp³-hybridized carbons (Fsp3) is 0.400. The normalized spacial score (nSPS) is 23.8. The number of hydrogen-bond donors (Lipinski definition) is 3. The van der Waals surface area contributed by atoms with Crippen molar-refractivity contribution in [3.05, 3.63) is 53.9 Å². The van der Waals surface area contributed by atoms with Crippen molar-refractivity contribution in [3.8, 4) is 23.0 Å². The lowest BCUT2D eigenvalue weighted by atomic mass is 9.98. The minimum absolute atomic E-state index is 0.125. The highest BCUT2D eigenvalue weighted by atomic mass is 16.7. The molecule has 9 nitrogen and oxygen atoms in total. The Morgan fingerprint density at radius 3 is 2.74 bits per heavy atom. The average molecular weight is 469 g/mol. The second-order valence-corrected chi connectivity index (χ2v) is 8.43. The summed E-state index contributed by atoms with van der Waals surface area (Å²) in [7, 11) is 1.57. The Balaban J connectivity index is 1.39. The predicted octanol–water partition coefficient (Wildman–Crippen LogP) is 1.81. The second-order valence-electron chi connectivity index (χ2n) is 8.43. The number of hydrogen-bond acceptors (Lipinski definition) is 9. The molecule has 2 aromatic carbocycles. The van der Waals surface area contributed by atoms with Crippen molar-refractivity contribution in [1.82, 2.24) is 4.98 Å². The number of aliphatic hydroxyl groups excluding tert-OH is 3. The van der Waals surface area contributed by atoms with Crippen molar-refractivity contribution in [2.24, 2.45) is 0 Å². The fourth-order valence-corrected chi connectivity index (χ4v) is 4.38. The molecule has 3 aromatic rings. The molecule has 34 heavy (non-hydrogen) atoms. The second kappa shape index (κ2) is 9.63. The van der Waals surface area contributed by atoms with Crippen molar-refractivity contribution in [2.45, 2.75) is 37.3 Å². The first-order chi connectivity index (χ1) is 16.6. The van der Waals surface area contributed by atoms with Gasteiger partial charge in [-0.2, -0.15) is 0 Å². The Hall–Kier alpha value is -3.11. The third kappa shape index (κ3) is 4.47. The minimum Gasteiger partial charge on any atom is -0.493 e. The molecule has 0 aliphatic carbocycles. The minimum atomic E-state index is -1.12. The van der Waals surface area contributed by atoms with E-state index in [9.17, 15) is 15.3 Å². The van der Waals surface area contributed by atoms with Gasteiger partial charge in [-0.1, -0.05) is 6.07 Å². The van der Waals surface area contributed by atoms with Gasteiger partial charge in [0.05, 0.1) is 31.6 Å². The maximum absolute atomic E-state index is 10.1. The molecule has 0 spiro atoms. The van der Waals surface area contributed by atoms with E-state index in [0.717, 1.165) is 33.5 Å². The van der Waals surface area contributed by atoms with Gasteiger partial charge in [0.15, 0.2) is 23.0 Å². The highest BCUT2D eigenvalue weighted by Gasteiger charge is 2.36. The van der Waals surface area contributed by atoms with Crippen LogP contribution in [-0.4, -0.2) is 71.8 Å². The standard InChI is InChI=1S/C25H27NO8/c1-30-21-8-15-4-5-26-18(6-14-2-3-20-22(7-14)33-13-32-20)17(15)10-23(21)31-12-16-9-19(28)25(29)24(11-27)34-16/h2-5,7-8,10,16,19,24-25,27-29H,6,9,11-13H2,1H3/t16-,19-,24-,25+/m1/s1. The quantitative estimate of drug-likeness (QED) is 0.476. The number of fused-ring (bicyclic) bond motifs is 2. The third-order valence-electron chi connectivity index (χ3n) is 6.19. The monoisotopic (exact) mass is 469 g/mol. The molecule has 0 amide bonds. The van der Waals surface area contributed by atoms with Crippen LogP contribution in [0.25, 0.3) is 10.8 Å². The van der Waals surface area contributed by atoms with Gasteiger partial charge in [0.25, 0.3) is 0 Å². The summed E-state index contributed by atoms with van der Waals surface area (Å²) in [6.07, 6.45) is -0.899. The number of aliphatic hydroxyl groups is 3. The lowest BCUT2D eigenvalue weighted by molar-refractivity contribution is -0.185. The summed E-state index contributed by atoms with van der Waals surface area (Å²) >= 11 is 0. The SMILES string of the molecule is COc1cc2ccnc(Cc3ccc4c(c3)OCO4)c2cc1OC[C@H]1C[C@@H](O)[C@H](O)[C@@H](CO)O1. The number of methoxy groups -OCH3 is 1. The Bertz CT molecular complexity index is 1170. The molecule has 1 saturated heterocycles. The van der Waals surface area contributed by atoms with E-state index in [0.29, 0.717) is 17.9 Å². The Kier molecular flexibility index (Phi) is 6.42. The van der Waals surface area contributed by atoms with E-state index in [1.165, 1.54) is 0 Å². The summed E-state index contributed by atoms with van der Waals surface area (Å²) in [6, 6.07) is 11.6. The van der Waals surface area contributed by atoms with E-state index >= 15 is 0 Å². The zero-order valence-electron chi connectivity index (χ0n) is 18.7. The summed E-state index contributed by atoms with van der Waals surface area (Å²) in [5, 5.41) is 31.3. The molecule has 3 heterocycles. The summed E-state index contributed by atoms with van der Waals surface area (Å²) in [4.78, 5) is 4.60. The van der Waals surface area contributed by atoms with Crippen LogP contribution in [0.4, 0.5) is 0 Å². The number of nitrogens with zero attached hydrogens (tertiary/aromatic N) is 1. The van der Waals surface area contributed by atoms with E-state index in [4.69, 9.17) is 23.7 Å². The van der Waals surface area contributed by atoms with Crippen LogP contribution in [0.1, 0.15) is 17.7 Å². The van der Waals surface area contributed by atoms with Gasteiger partial charge in [-0.25, -0.2) is 0 Å². The largest absolute Gasteiger partial charge is 0.493 e. The molecule has 1 fully saturated rings. The van der Waals surface area contributed by atoms with E-state index in [2.05, 4.69) is 4.98 Å². The summed E-state index contributed by atoms with van der Waals surface area (Å²) in [6.45, 7) is -0.0334. The molecular weight excluding hydrogens is 442 g/mol. The van der Waals surface area contributed by atoms with Crippen LogP contribution in [0.2, 0.25) is 0 Å². The van der Waals surface area contributed by atoms with Gasteiger partial charge >= 0.3 is 0 Å². The van der Waals surface area contributed by atoms with E-state index in [1.54, 1.807) is 13.3 Å². The van der Waals surface area contributed by atoms with Crippen LogP contribution in [0.3, 0.4) is 0 Å². The van der Waals surface area contributed by atoms with Crippen LogP contribution in [0.5, 0.6) is 23.0 Å². The number of rotatable bonds is 7. The van der Waals surface area contributed by atoms with Crippen LogP contribution in [0.15, 0.2) is 42.6 Å². The molecule has 1 aromatic heterocycles. The Morgan fingerprint density at radius 1 is 1.06 bits per heavy atom. The van der Waals surface area contributed by atoms with Gasteiger partial charge in [-0.15, -0.1) is 0 Å². The number of pyridine rings is 1. The maximum Gasteiger partial charge on any atom is 0.231 e. The molecule has 0 bridgehead atoms. The van der Waals surface area contributed by atoms with Gasteiger partial charge in [-0.05, 0) is 41.3 Å². The molecule has 0 unspecified atom stereocenters. The van der Waals surface area contributed by atoms with Crippen molar-refractivity contribution < 1.29 is 39.0 Å². The van der Waals surface area contributed by atoms with Gasteiger partial charge in [0.1, 0.15) is 18.8 Å². The zero-order chi connectivity index (χ0) is 23.7. The number of benzene rings is 2. The van der Waals surface area contributed by atoms with Crippen molar-refractivity contribution in [3.63, 3.8) is 0 Å². The highest BCUT2D eigenvalue weighted by Crippen LogP contribution is 2.36. The van der Waals surface area contributed by atoms with Crippen LogP contribution < -0.4 is 18.9 Å². The Morgan fingerprint density at radius 2 is 1.91 bits per heavy atom. The van der Waals surface area contributed by atoms with E-state index in [1.807, 2.05) is 36.4 Å². The smallest absolute Gasteiger partial charge is 0.231 e. The lowest BCUT2D eigenvalue weighted by Gasteiger charge is -2.36. The van der Waals surface area contributed by atoms with Gasteiger partial charge in [-0.3, -0.25) is 4.98 Å². The molecule has 2 aliphatic rings. The Labute approximate surface area is 196 Å². The first kappa shape index (κ1) is 22.7. The topological polar surface area (TPSA) is 120 Å². The first-order valence-corrected chi connectivity index (χ1v) is 11.1. The van der Waals surface area contributed by atoms with Gasteiger partial charge < -0.3 is 39.0 Å². The highest BCUT2D eigenvalue weighted by molar-refractivity contribution is 5.88. The third-order valence-corrected chi connectivity index (χ3v) is 6.19. The first-order valence-electron chi connectivity index (χ1n) is 11.1. The maximum atomic E-state index is 10.1. The fourth-order valence-electron chi connectivity index (χ4n) is 4.38. The molecule has 0 radical (unpaired) electrons. The van der Waals surface area contributed by atoms with Crippen LogP contribution in [0, 0.1) is 0 Å². The van der Waals surface area contributed by atoms with Crippen LogP contribution in [-0.2, 0) is 11.2 Å². The number of ether oxygens (including phenoxy) is 5. The lowest BCUT2D eigenvalue weighted by Crippen LogP contribution is -2.51. The van der Waals surface area contributed by atoms with Crippen LogP contribution >= 0.6 is 0 Å². The van der Waals surface area contributed by atoms with Gasteiger partial charge in [0.2, 0.25) is 6.79 Å². The molecule has 180 valence electrons. The molecule has 5 rings (SSSR count). The summed E-state index contributed by atoms with van der Waals surface area (Å²) in [5.74, 6) is 2.54. The van der Waals surface area contributed by atoms with E-state index in [-0.39, 0.29) is 26.4 Å².